The van der Waals surface area contributed by atoms with E-state index in [2.05, 4.69) is 48.7 Å². The number of anilines is 2. The van der Waals surface area contributed by atoms with Crippen LogP contribution in [0.1, 0.15) is 12.5 Å². The van der Waals surface area contributed by atoms with Crippen molar-refractivity contribution in [1.82, 2.24) is 24.8 Å². The number of aromatic nitrogens is 4. The van der Waals surface area contributed by atoms with Gasteiger partial charge in [-0.2, -0.15) is 0 Å². The lowest BCUT2D eigenvalue weighted by Gasteiger charge is -2.36. The van der Waals surface area contributed by atoms with Crippen molar-refractivity contribution in [3.05, 3.63) is 67.0 Å². The van der Waals surface area contributed by atoms with E-state index >= 15 is 0 Å². The van der Waals surface area contributed by atoms with Crippen molar-refractivity contribution in [3.8, 4) is 0 Å². The maximum atomic E-state index is 4.69. The number of piperazine rings is 1. The molecule has 28 heavy (non-hydrogen) atoms. The number of hydrogen-bond acceptors (Lipinski definition) is 6. The molecule has 1 atom stereocenters. The van der Waals surface area contributed by atoms with Crippen molar-refractivity contribution in [2.24, 2.45) is 0 Å². The van der Waals surface area contributed by atoms with Gasteiger partial charge in [-0.1, -0.05) is 12.1 Å². The molecule has 3 aromatic heterocycles. The van der Waals surface area contributed by atoms with E-state index in [0.717, 1.165) is 50.9 Å². The molecular weight excluding hydrogens is 350 g/mol. The first-order chi connectivity index (χ1) is 13.8. The molecule has 0 aliphatic carbocycles. The van der Waals surface area contributed by atoms with Gasteiger partial charge >= 0.3 is 0 Å². The minimum Gasteiger partial charge on any atom is -0.353 e. The van der Waals surface area contributed by atoms with E-state index in [0.29, 0.717) is 6.04 Å². The Hall–Kier alpha value is -2.93. The molecule has 0 unspecified atom stereocenters. The summed E-state index contributed by atoms with van der Waals surface area (Å²) >= 11 is 0. The molecule has 0 radical (unpaired) electrons. The third-order valence-electron chi connectivity index (χ3n) is 5.10. The van der Waals surface area contributed by atoms with Crippen molar-refractivity contribution >= 4 is 11.6 Å². The average Bonchev–Trinajstić information content (AvgIpc) is 3.26. The van der Waals surface area contributed by atoms with Crippen LogP contribution < -0.4 is 15.1 Å². The largest absolute Gasteiger partial charge is 0.353 e. The number of rotatable bonds is 7. The van der Waals surface area contributed by atoms with Gasteiger partial charge in [-0.05, 0) is 25.1 Å². The Morgan fingerprint density at radius 1 is 0.964 bits per heavy atom. The second-order valence-electron chi connectivity index (χ2n) is 7.19. The van der Waals surface area contributed by atoms with Crippen LogP contribution in [0.5, 0.6) is 0 Å². The summed E-state index contributed by atoms with van der Waals surface area (Å²) in [6.45, 7) is 7.71. The van der Waals surface area contributed by atoms with Gasteiger partial charge in [0.15, 0.2) is 0 Å². The summed E-state index contributed by atoms with van der Waals surface area (Å²) in [6, 6.07) is 10.6. The second-order valence-corrected chi connectivity index (χ2v) is 7.19. The number of imidazole rings is 1. The SMILES string of the molecule is C[C@H](Cn1ccnc1)NCc1cccnc1N1CCN(c2ccccn2)CC1. The van der Waals surface area contributed by atoms with E-state index in [4.69, 9.17) is 4.98 Å². The molecule has 1 saturated heterocycles. The van der Waals surface area contributed by atoms with Crippen LogP contribution in [0.25, 0.3) is 0 Å². The Balaban J connectivity index is 1.35. The monoisotopic (exact) mass is 377 g/mol. The fourth-order valence-electron chi connectivity index (χ4n) is 3.60. The molecule has 0 amide bonds. The lowest BCUT2D eigenvalue weighted by molar-refractivity contribution is 0.475. The molecule has 7 heteroatoms. The first kappa shape index (κ1) is 18.4. The standard InChI is InChI=1S/C21H27N7/c1-18(16-26-10-9-22-17-26)25-15-19-5-4-8-24-21(19)28-13-11-27(12-14-28)20-6-2-3-7-23-20/h2-10,17-18,25H,11-16H2,1H3/t18-/m1/s1. The molecule has 0 bridgehead atoms. The molecule has 0 aromatic carbocycles. The number of nitrogens with zero attached hydrogens (tertiary/aromatic N) is 6. The Morgan fingerprint density at radius 3 is 2.54 bits per heavy atom. The molecule has 7 nitrogen and oxygen atoms in total. The molecule has 3 aromatic rings. The van der Waals surface area contributed by atoms with Crippen LogP contribution in [-0.2, 0) is 13.1 Å². The van der Waals surface area contributed by atoms with Gasteiger partial charge in [0.25, 0.3) is 0 Å². The predicted octanol–water partition coefficient (Wildman–Crippen LogP) is 2.18. The van der Waals surface area contributed by atoms with Crippen molar-refractivity contribution in [2.45, 2.75) is 26.1 Å². The van der Waals surface area contributed by atoms with Gasteiger partial charge in [-0.25, -0.2) is 15.0 Å². The fourth-order valence-corrected chi connectivity index (χ4v) is 3.60. The summed E-state index contributed by atoms with van der Waals surface area (Å²) < 4.78 is 2.10. The maximum absolute atomic E-state index is 4.69. The molecule has 1 aliphatic rings. The van der Waals surface area contributed by atoms with Gasteiger partial charge in [0.05, 0.1) is 6.33 Å². The Kier molecular flexibility index (Phi) is 5.82. The van der Waals surface area contributed by atoms with Gasteiger partial charge in [0, 0.05) is 75.7 Å². The van der Waals surface area contributed by atoms with Crippen molar-refractivity contribution in [2.75, 3.05) is 36.0 Å². The number of nitrogens with one attached hydrogen (secondary N) is 1. The summed E-state index contributed by atoms with van der Waals surface area (Å²) in [6.07, 6.45) is 9.41. The van der Waals surface area contributed by atoms with E-state index in [-0.39, 0.29) is 0 Å². The smallest absolute Gasteiger partial charge is 0.133 e. The fraction of sp³-hybridized carbons (Fsp3) is 0.381. The molecule has 0 spiro atoms. The molecule has 4 rings (SSSR count). The predicted molar refractivity (Wildman–Crippen MR) is 111 cm³/mol. The van der Waals surface area contributed by atoms with Crippen LogP contribution in [0.4, 0.5) is 11.6 Å². The molecule has 1 N–H and O–H groups in total. The molecular formula is C21H27N7. The van der Waals surface area contributed by atoms with Crippen LogP contribution in [0.3, 0.4) is 0 Å². The zero-order valence-corrected chi connectivity index (χ0v) is 16.3. The number of hydrogen-bond donors (Lipinski definition) is 1. The highest BCUT2D eigenvalue weighted by atomic mass is 15.3. The average molecular weight is 377 g/mol. The van der Waals surface area contributed by atoms with Crippen LogP contribution >= 0.6 is 0 Å². The Labute approximate surface area is 166 Å². The Bertz CT molecular complexity index is 842. The van der Waals surface area contributed by atoms with E-state index in [9.17, 15) is 0 Å². The van der Waals surface area contributed by atoms with Crippen LogP contribution in [0.2, 0.25) is 0 Å². The molecule has 1 fully saturated rings. The van der Waals surface area contributed by atoms with Crippen molar-refractivity contribution in [3.63, 3.8) is 0 Å². The summed E-state index contributed by atoms with van der Waals surface area (Å²) in [5.41, 5.74) is 1.24. The summed E-state index contributed by atoms with van der Waals surface area (Å²) in [5.74, 6) is 2.14. The van der Waals surface area contributed by atoms with Crippen LogP contribution in [0.15, 0.2) is 61.4 Å². The summed E-state index contributed by atoms with van der Waals surface area (Å²) in [4.78, 5) is 18.0. The first-order valence-corrected chi connectivity index (χ1v) is 9.83. The maximum Gasteiger partial charge on any atom is 0.133 e. The van der Waals surface area contributed by atoms with Gasteiger partial charge < -0.3 is 19.7 Å². The van der Waals surface area contributed by atoms with E-state index in [1.807, 2.05) is 49.3 Å². The third kappa shape index (κ3) is 4.48. The minimum atomic E-state index is 0.350. The van der Waals surface area contributed by atoms with Crippen LogP contribution in [-0.4, -0.2) is 51.7 Å². The minimum absolute atomic E-state index is 0.350. The third-order valence-corrected chi connectivity index (χ3v) is 5.10. The van der Waals surface area contributed by atoms with Crippen molar-refractivity contribution < 1.29 is 0 Å². The van der Waals surface area contributed by atoms with E-state index in [1.165, 1.54) is 5.56 Å². The quantitative estimate of drug-likeness (QED) is 0.681. The molecule has 0 saturated carbocycles. The topological polar surface area (TPSA) is 62.1 Å². The van der Waals surface area contributed by atoms with E-state index in [1.54, 1.807) is 0 Å². The zero-order chi connectivity index (χ0) is 19.2. The number of pyridine rings is 2. The molecule has 4 heterocycles. The lowest BCUT2D eigenvalue weighted by Crippen LogP contribution is -2.47. The van der Waals surface area contributed by atoms with Gasteiger partial charge in [0.2, 0.25) is 0 Å². The van der Waals surface area contributed by atoms with Gasteiger partial charge in [-0.15, -0.1) is 0 Å². The van der Waals surface area contributed by atoms with Crippen LogP contribution in [0, 0.1) is 0 Å². The first-order valence-electron chi connectivity index (χ1n) is 9.83. The van der Waals surface area contributed by atoms with Gasteiger partial charge in [-0.3, -0.25) is 0 Å². The summed E-state index contributed by atoms with van der Waals surface area (Å²) in [5, 5.41) is 3.62. The van der Waals surface area contributed by atoms with E-state index < -0.39 is 0 Å². The highest BCUT2D eigenvalue weighted by Crippen LogP contribution is 2.21. The molecule has 146 valence electrons. The van der Waals surface area contributed by atoms with Crippen molar-refractivity contribution in [1.29, 1.82) is 0 Å². The molecule has 1 aliphatic heterocycles. The van der Waals surface area contributed by atoms with Gasteiger partial charge in [0.1, 0.15) is 11.6 Å². The second kappa shape index (κ2) is 8.84. The zero-order valence-electron chi connectivity index (χ0n) is 16.3. The Morgan fingerprint density at radius 2 is 1.79 bits per heavy atom. The highest BCUT2D eigenvalue weighted by molar-refractivity contribution is 5.49. The normalized spacial score (nSPS) is 15.6. The lowest BCUT2D eigenvalue weighted by atomic mass is 10.2. The highest BCUT2D eigenvalue weighted by Gasteiger charge is 2.20. The summed E-state index contributed by atoms with van der Waals surface area (Å²) in [7, 11) is 0.